The van der Waals surface area contributed by atoms with E-state index in [-0.39, 0.29) is 50.3 Å². The maximum atomic E-state index is 13.1. The Bertz CT molecular complexity index is 1850. The fourth-order valence-electron chi connectivity index (χ4n) is 7.23. The van der Waals surface area contributed by atoms with Gasteiger partial charge in [0.25, 0.3) is 0 Å². The number of nitrogens with zero attached hydrogens (tertiary/aromatic N) is 2. The zero-order valence-electron chi connectivity index (χ0n) is 30.1. The zero-order valence-corrected chi connectivity index (χ0v) is 30.1. The molecule has 2 aliphatic rings. The number of likely N-dealkylation sites (N-methyl/N-ethyl adjacent to an activating group) is 1. The highest BCUT2D eigenvalue weighted by Gasteiger charge is 2.47. The Hall–Kier alpha value is -4.55. The minimum absolute atomic E-state index is 0.00891. The van der Waals surface area contributed by atoms with Crippen LogP contribution in [0.3, 0.4) is 0 Å². The van der Waals surface area contributed by atoms with Gasteiger partial charge in [-0.15, -0.1) is 0 Å². The second kappa shape index (κ2) is 16.6. The lowest BCUT2D eigenvalue weighted by Crippen LogP contribution is -2.50. The maximum Gasteiger partial charge on any atom is 0.471 e. The first-order valence-corrected chi connectivity index (χ1v) is 18.0. The zero-order chi connectivity index (χ0) is 37.7. The first-order valence-electron chi connectivity index (χ1n) is 18.0. The van der Waals surface area contributed by atoms with Gasteiger partial charge in [-0.25, -0.2) is 0 Å². The molecule has 0 saturated carbocycles. The third kappa shape index (κ3) is 8.98. The monoisotopic (exact) mass is 729 g/mol. The van der Waals surface area contributed by atoms with Crippen molar-refractivity contribution in [3.63, 3.8) is 0 Å². The molecule has 2 saturated heterocycles. The van der Waals surface area contributed by atoms with Gasteiger partial charge in [-0.2, -0.15) is 13.2 Å². The van der Waals surface area contributed by atoms with Crippen molar-refractivity contribution in [2.75, 3.05) is 20.1 Å². The smallest absolute Gasteiger partial charge is 0.392 e. The molecule has 0 bridgehead atoms. The van der Waals surface area contributed by atoms with Gasteiger partial charge >= 0.3 is 12.1 Å². The summed E-state index contributed by atoms with van der Waals surface area (Å²) in [6.45, 7) is 4.95. The number of amides is 2. The van der Waals surface area contributed by atoms with Crippen molar-refractivity contribution in [1.29, 1.82) is 0 Å². The lowest BCUT2D eigenvalue weighted by Gasteiger charge is -2.43. The molecule has 11 heteroatoms. The number of rotatable bonds is 11. The predicted molar refractivity (Wildman–Crippen MR) is 195 cm³/mol. The summed E-state index contributed by atoms with van der Waals surface area (Å²) in [5.74, 6) is -2.58. The van der Waals surface area contributed by atoms with Gasteiger partial charge in [0.15, 0.2) is 6.29 Å². The van der Waals surface area contributed by atoms with E-state index in [0.29, 0.717) is 17.9 Å². The minimum Gasteiger partial charge on any atom is -0.392 e. The van der Waals surface area contributed by atoms with Gasteiger partial charge in [0.05, 0.1) is 18.8 Å². The molecular weight excluding hydrogens is 683 g/mol. The molecule has 2 heterocycles. The van der Waals surface area contributed by atoms with Crippen molar-refractivity contribution in [2.24, 2.45) is 5.92 Å². The lowest BCUT2D eigenvalue weighted by atomic mass is 9.89. The van der Waals surface area contributed by atoms with E-state index in [1.807, 2.05) is 91.0 Å². The largest absolute Gasteiger partial charge is 0.471 e. The highest BCUT2D eigenvalue weighted by Crippen LogP contribution is 2.43. The van der Waals surface area contributed by atoms with E-state index in [1.54, 1.807) is 0 Å². The number of benzene rings is 4. The summed E-state index contributed by atoms with van der Waals surface area (Å²) < 4.78 is 52.8. The summed E-state index contributed by atoms with van der Waals surface area (Å²) in [6, 6.07) is 32.7. The highest BCUT2D eigenvalue weighted by atomic mass is 19.4. The van der Waals surface area contributed by atoms with Crippen LogP contribution < -0.4 is 5.32 Å². The van der Waals surface area contributed by atoms with Crippen LogP contribution in [-0.4, -0.2) is 65.2 Å². The molecule has 6 atom stereocenters. The van der Waals surface area contributed by atoms with E-state index in [4.69, 9.17) is 9.47 Å². The van der Waals surface area contributed by atoms with Gasteiger partial charge in [0, 0.05) is 37.2 Å². The van der Waals surface area contributed by atoms with Crippen molar-refractivity contribution in [3.8, 4) is 11.1 Å². The number of carbonyl (C=O) groups excluding carboxylic acids is 2. The Morgan fingerprint density at radius 3 is 2.30 bits per heavy atom. The van der Waals surface area contributed by atoms with Gasteiger partial charge in [-0.3, -0.25) is 14.5 Å². The van der Waals surface area contributed by atoms with Gasteiger partial charge < -0.3 is 24.8 Å². The number of carbonyl (C=O) groups is 2. The number of aliphatic hydroxyl groups is 1. The van der Waals surface area contributed by atoms with Crippen LogP contribution in [0.25, 0.3) is 11.1 Å². The van der Waals surface area contributed by atoms with E-state index in [1.165, 1.54) is 5.56 Å². The number of hydrogen-bond acceptors (Lipinski definition) is 6. The number of ether oxygens (including phenoxy) is 2. The van der Waals surface area contributed by atoms with Crippen LogP contribution in [0, 0.1) is 5.92 Å². The maximum absolute atomic E-state index is 13.1. The molecule has 2 N–H and O–H groups in total. The molecule has 6 unspecified atom stereocenters. The Morgan fingerprint density at radius 1 is 0.906 bits per heavy atom. The number of hydrogen-bond donors (Lipinski definition) is 2. The summed E-state index contributed by atoms with van der Waals surface area (Å²) >= 11 is 0. The molecule has 53 heavy (non-hydrogen) atoms. The Kier molecular flexibility index (Phi) is 12.0. The molecule has 280 valence electrons. The highest BCUT2D eigenvalue weighted by molar-refractivity contribution is 5.90. The van der Waals surface area contributed by atoms with Crippen LogP contribution in [0.2, 0.25) is 0 Å². The van der Waals surface area contributed by atoms with E-state index in [0.717, 1.165) is 33.4 Å². The van der Waals surface area contributed by atoms with Crippen molar-refractivity contribution in [1.82, 2.24) is 15.1 Å². The van der Waals surface area contributed by atoms with E-state index in [2.05, 4.69) is 43.2 Å². The summed E-state index contributed by atoms with van der Waals surface area (Å²) in [5, 5.41) is 12.4. The molecule has 4 aromatic carbocycles. The van der Waals surface area contributed by atoms with Gasteiger partial charge in [-0.1, -0.05) is 97.9 Å². The summed E-state index contributed by atoms with van der Waals surface area (Å²) in [5.41, 5.74) is 6.41. The summed E-state index contributed by atoms with van der Waals surface area (Å²) in [4.78, 5) is 27.7. The number of alkyl halides is 3. The molecule has 0 radical (unpaired) electrons. The fraction of sp³-hybridized carbons (Fsp3) is 0.381. The molecule has 2 amide bonds. The third-order valence-electron chi connectivity index (χ3n) is 10.5. The Balaban J connectivity index is 1.20. The number of halogens is 3. The average Bonchev–Trinajstić information content (AvgIpc) is 3.67. The van der Waals surface area contributed by atoms with E-state index in [9.17, 15) is 27.9 Å². The summed E-state index contributed by atoms with van der Waals surface area (Å²) in [7, 11) is 2.10. The van der Waals surface area contributed by atoms with Gasteiger partial charge in [-0.05, 0) is 72.3 Å². The third-order valence-corrected chi connectivity index (χ3v) is 10.5. The molecule has 0 aromatic heterocycles. The SMILES string of the molecule is CC1C(CN(C)C(C)c2ccccc2)OC(c2cccc(-c3cccc(CNC(=O)C4CCCN4C(=O)C(F)(F)F)c3)c2)OC1c1ccc(CO)cc1. The number of nitrogens with one attached hydrogen (secondary N) is 1. The normalized spacial score (nSPS) is 22.5. The fourth-order valence-corrected chi connectivity index (χ4v) is 7.23. The van der Waals surface area contributed by atoms with Crippen molar-refractivity contribution in [3.05, 3.63) is 131 Å². The summed E-state index contributed by atoms with van der Waals surface area (Å²) in [6.07, 6.45) is -5.63. The lowest BCUT2D eigenvalue weighted by molar-refractivity contribution is -0.276. The van der Waals surface area contributed by atoms with Crippen LogP contribution in [0.1, 0.15) is 72.9 Å². The second-order valence-corrected chi connectivity index (χ2v) is 14.0. The number of likely N-dealkylation sites (tertiary alicyclic amines) is 1. The van der Waals surface area contributed by atoms with Crippen molar-refractivity contribution >= 4 is 11.8 Å². The van der Waals surface area contributed by atoms with E-state index < -0.39 is 30.3 Å². The molecule has 0 spiro atoms. The van der Waals surface area contributed by atoms with Crippen LogP contribution in [-0.2, 0) is 32.2 Å². The second-order valence-electron chi connectivity index (χ2n) is 14.0. The van der Waals surface area contributed by atoms with Crippen LogP contribution >= 0.6 is 0 Å². The Labute approximate surface area is 308 Å². The average molecular weight is 730 g/mol. The van der Waals surface area contributed by atoms with Crippen molar-refractivity contribution < 1.29 is 37.3 Å². The first kappa shape index (κ1) is 38.2. The molecular formula is C42H46F3N3O5. The standard InChI is InChI=1S/C42H46F3N3O5/c1-27-37(25-47(3)28(2)31-11-5-4-6-12-31)52-40(53-38(27)32-19-17-29(26-49)18-20-32)35-15-8-14-34(23-35)33-13-7-10-30(22-33)24-46-39(50)36-16-9-21-48(36)41(51)42(43,44)45/h4-8,10-15,17-20,22-23,27-28,36-38,40,49H,9,16,21,24-26H2,1-3H3,(H,46,50). The van der Waals surface area contributed by atoms with E-state index >= 15 is 0 Å². The van der Waals surface area contributed by atoms with Crippen LogP contribution in [0.15, 0.2) is 103 Å². The molecule has 4 aromatic rings. The molecule has 0 aliphatic carbocycles. The number of aliphatic hydroxyl groups excluding tert-OH is 1. The van der Waals surface area contributed by atoms with Gasteiger partial charge in [0.1, 0.15) is 6.04 Å². The molecule has 8 nitrogen and oxygen atoms in total. The van der Waals surface area contributed by atoms with Crippen molar-refractivity contribution in [2.45, 2.75) is 76.6 Å². The molecule has 2 aliphatic heterocycles. The van der Waals surface area contributed by atoms with Gasteiger partial charge in [0.2, 0.25) is 5.91 Å². The van der Waals surface area contributed by atoms with Crippen LogP contribution in [0.5, 0.6) is 0 Å². The quantitative estimate of drug-likeness (QED) is 0.166. The molecule has 2 fully saturated rings. The Morgan fingerprint density at radius 2 is 1.60 bits per heavy atom. The first-order chi connectivity index (χ1) is 25.4. The predicted octanol–water partition coefficient (Wildman–Crippen LogP) is 7.50. The minimum atomic E-state index is -5.03. The van der Waals surface area contributed by atoms with Crippen LogP contribution in [0.4, 0.5) is 13.2 Å². The molecule has 6 rings (SSSR count). The topological polar surface area (TPSA) is 91.3 Å².